The van der Waals surface area contributed by atoms with Crippen molar-refractivity contribution in [3.8, 4) is 0 Å². The maximum atomic E-state index is 12.5. The van der Waals surface area contributed by atoms with Crippen molar-refractivity contribution in [2.24, 2.45) is 0 Å². The molecule has 0 spiro atoms. The van der Waals surface area contributed by atoms with Gasteiger partial charge in [0.15, 0.2) is 0 Å². The Hall–Kier alpha value is -2.56. The van der Waals surface area contributed by atoms with Gasteiger partial charge in [0.1, 0.15) is 5.69 Å². The first-order valence-electron chi connectivity index (χ1n) is 8.07. The molecule has 6 heteroatoms. The predicted molar refractivity (Wildman–Crippen MR) is 107 cm³/mol. The van der Waals surface area contributed by atoms with Crippen molar-refractivity contribution >= 4 is 40.5 Å². The number of benzene rings is 2. The zero-order valence-corrected chi connectivity index (χ0v) is 15.6. The van der Waals surface area contributed by atoms with Gasteiger partial charge in [0, 0.05) is 17.9 Å². The zero-order valence-electron chi connectivity index (χ0n) is 14.0. The van der Waals surface area contributed by atoms with E-state index in [9.17, 15) is 4.79 Å². The molecule has 1 amide bonds. The van der Waals surface area contributed by atoms with Gasteiger partial charge < -0.3 is 10.6 Å². The fourth-order valence-corrected chi connectivity index (χ4v) is 2.85. The van der Waals surface area contributed by atoms with Gasteiger partial charge in [0.2, 0.25) is 0 Å². The van der Waals surface area contributed by atoms with Crippen LogP contribution in [0.25, 0.3) is 0 Å². The van der Waals surface area contributed by atoms with E-state index in [1.165, 1.54) is 0 Å². The predicted octanol–water partition coefficient (Wildman–Crippen LogP) is 5.81. The topological polar surface area (TPSA) is 54.0 Å². The number of carbonyl (C=O) groups excluding carboxylic acids is 1. The summed E-state index contributed by atoms with van der Waals surface area (Å²) >= 11 is 12.1. The van der Waals surface area contributed by atoms with Crippen LogP contribution in [0.3, 0.4) is 0 Å². The Morgan fingerprint density at radius 2 is 1.81 bits per heavy atom. The van der Waals surface area contributed by atoms with Crippen LogP contribution in [0.5, 0.6) is 0 Å². The maximum Gasteiger partial charge on any atom is 0.274 e. The molecule has 3 aromatic rings. The number of rotatable bonds is 5. The van der Waals surface area contributed by atoms with Crippen molar-refractivity contribution in [2.45, 2.75) is 13.0 Å². The lowest BCUT2D eigenvalue weighted by atomic mass is 10.1. The number of amides is 1. The first-order chi connectivity index (χ1) is 12.5. The number of anilines is 2. The van der Waals surface area contributed by atoms with Crippen LogP contribution in [0.2, 0.25) is 10.0 Å². The van der Waals surface area contributed by atoms with E-state index in [4.69, 9.17) is 23.2 Å². The number of hydrogen-bond acceptors (Lipinski definition) is 3. The average molecular weight is 386 g/mol. The third-order valence-electron chi connectivity index (χ3n) is 3.88. The lowest BCUT2D eigenvalue weighted by Crippen LogP contribution is -2.15. The molecule has 26 heavy (non-hydrogen) atoms. The summed E-state index contributed by atoms with van der Waals surface area (Å²) in [7, 11) is 0. The van der Waals surface area contributed by atoms with Crippen LogP contribution < -0.4 is 10.6 Å². The van der Waals surface area contributed by atoms with E-state index in [2.05, 4.69) is 22.5 Å². The molecule has 0 radical (unpaired) electrons. The van der Waals surface area contributed by atoms with Crippen LogP contribution in [0.4, 0.5) is 11.4 Å². The molecule has 0 aliphatic heterocycles. The van der Waals surface area contributed by atoms with Gasteiger partial charge in [0.05, 0.1) is 15.7 Å². The molecular weight excluding hydrogens is 369 g/mol. The minimum atomic E-state index is -0.356. The minimum absolute atomic E-state index is 0.0943. The van der Waals surface area contributed by atoms with E-state index < -0.39 is 0 Å². The lowest BCUT2D eigenvalue weighted by molar-refractivity contribution is 0.102. The number of nitrogens with zero attached hydrogens (tertiary/aromatic N) is 1. The van der Waals surface area contributed by atoms with Crippen LogP contribution in [-0.4, -0.2) is 10.9 Å². The molecule has 4 nitrogen and oxygen atoms in total. The molecule has 1 unspecified atom stereocenters. The summed E-state index contributed by atoms with van der Waals surface area (Å²) in [6.07, 6.45) is 1.59. The van der Waals surface area contributed by atoms with E-state index in [0.717, 1.165) is 11.3 Å². The molecule has 2 aromatic carbocycles. The van der Waals surface area contributed by atoms with Crippen LogP contribution in [0.15, 0.2) is 66.9 Å². The fourth-order valence-electron chi connectivity index (χ4n) is 2.51. The molecule has 1 atom stereocenters. The van der Waals surface area contributed by atoms with E-state index in [-0.39, 0.29) is 17.6 Å². The summed E-state index contributed by atoms with van der Waals surface area (Å²) < 4.78 is 0. The molecule has 0 saturated heterocycles. The van der Waals surface area contributed by atoms with Gasteiger partial charge >= 0.3 is 0 Å². The number of nitrogens with one attached hydrogen (secondary N) is 2. The van der Waals surface area contributed by atoms with E-state index in [1.807, 2.05) is 36.4 Å². The van der Waals surface area contributed by atoms with Crippen LogP contribution in [0, 0.1) is 0 Å². The second-order valence-electron chi connectivity index (χ2n) is 5.76. The summed E-state index contributed by atoms with van der Waals surface area (Å²) in [6, 6.07) is 18.7. The third kappa shape index (κ3) is 4.34. The largest absolute Gasteiger partial charge is 0.378 e. The van der Waals surface area contributed by atoms with E-state index >= 15 is 0 Å². The van der Waals surface area contributed by atoms with Gasteiger partial charge in [-0.25, -0.2) is 0 Å². The van der Waals surface area contributed by atoms with Gasteiger partial charge in [-0.2, -0.15) is 0 Å². The van der Waals surface area contributed by atoms with Crippen molar-refractivity contribution in [3.63, 3.8) is 0 Å². The molecule has 0 aliphatic rings. The highest BCUT2D eigenvalue weighted by atomic mass is 35.5. The zero-order chi connectivity index (χ0) is 18.5. The van der Waals surface area contributed by atoms with E-state index in [0.29, 0.717) is 15.7 Å². The van der Waals surface area contributed by atoms with Crippen LogP contribution >= 0.6 is 23.2 Å². The first-order valence-corrected chi connectivity index (χ1v) is 8.83. The summed E-state index contributed by atoms with van der Waals surface area (Å²) in [5, 5.41) is 6.78. The van der Waals surface area contributed by atoms with Gasteiger partial charge in [0.25, 0.3) is 5.91 Å². The number of carbonyl (C=O) groups is 1. The standard InChI is InChI=1S/C20H17Cl2N3O/c1-13(14-6-3-2-4-7-14)24-15-10-11-23-18(12-15)20(26)25-17-9-5-8-16(21)19(17)22/h2-13H,1H3,(H,23,24)(H,25,26). The minimum Gasteiger partial charge on any atom is -0.378 e. The highest BCUT2D eigenvalue weighted by molar-refractivity contribution is 6.44. The number of pyridine rings is 1. The van der Waals surface area contributed by atoms with E-state index in [1.54, 1.807) is 30.5 Å². The highest BCUT2D eigenvalue weighted by Gasteiger charge is 2.13. The Bertz CT molecular complexity index is 916. The van der Waals surface area contributed by atoms with Crippen LogP contribution in [-0.2, 0) is 0 Å². The molecule has 3 rings (SSSR count). The average Bonchev–Trinajstić information content (AvgIpc) is 2.66. The molecule has 1 aromatic heterocycles. The Morgan fingerprint density at radius 1 is 1.04 bits per heavy atom. The second-order valence-corrected chi connectivity index (χ2v) is 6.55. The number of hydrogen-bond donors (Lipinski definition) is 2. The Morgan fingerprint density at radius 3 is 2.58 bits per heavy atom. The summed E-state index contributed by atoms with van der Waals surface area (Å²) in [6.45, 7) is 2.06. The normalized spacial score (nSPS) is 11.7. The lowest BCUT2D eigenvalue weighted by Gasteiger charge is -2.16. The van der Waals surface area contributed by atoms with Gasteiger partial charge in [-0.15, -0.1) is 0 Å². The van der Waals surface area contributed by atoms with Crippen molar-refractivity contribution in [1.29, 1.82) is 0 Å². The molecule has 0 saturated carbocycles. The van der Waals surface area contributed by atoms with Gasteiger partial charge in [-0.05, 0) is 36.8 Å². The molecule has 1 heterocycles. The Kier molecular flexibility index (Phi) is 5.76. The molecule has 132 valence electrons. The SMILES string of the molecule is CC(Nc1ccnc(C(=O)Nc2cccc(Cl)c2Cl)c1)c1ccccc1. The Labute approximate surface area is 162 Å². The second kappa shape index (κ2) is 8.21. The van der Waals surface area contributed by atoms with Crippen molar-refractivity contribution in [1.82, 2.24) is 4.98 Å². The monoisotopic (exact) mass is 385 g/mol. The number of halogens is 2. The van der Waals surface area contributed by atoms with Gasteiger partial charge in [-0.1, -0.05) is 59.6 Å². The molecular formula is C20H17Cl2N3O. The fraction of sp³-hybridized carbons (Fsp3) is 0.100. The summed E-state index contributed by atoms with van der Waals surface area (Å²) in [4.78, 5) is 16.6. The highest BCUT2D eigenvalue weighted by Crippen LogP contribution is 2.30. The van der Waals surface area contributed by atoms with Gasteiger partial charge in [-0.3, -0.25) is 9.78 Å². The third-order valence-corrected chi connectivity index (χ3v) is 4.69. The van der Waals surface area contributed by atoms with Crippen molar-refractivity contribution < 1.29 is 4.79 Å². The molecule has 0 bridgehead atoms. The summed E-state index contributed by atoms with van der Waals surface area (Å²) in [5.41, 5.74) is 2.69. The maximum absolute atomic E-state index is 12.5. The van der Waals surface area contributed by atoms with Crippen LogP contribution in [0.1, 0.15) is 29.0 Å². The number of aromatic nitrogens is 1. The first kappa shape index (κ1) is 18.2. The quantitative estimate of drug-likeness (QED) is 0.582. The Balaban J connectivity index is 1.74. The van der Waals surface area contributed by atoms with Crippen molar-refractivity contribution in [2.75, 3.05) is 10.6 Å². The molecule has 0 aliphatic carbocycles. The smallest absolute Gasteiger partial charge is 0.274 e. The molecule has 0 fully saturated rings. The van der Waals surface area contributed by atoms with Crippen molar-refractivity contribution in [3.05, 3.63) is 88.2 Å². The molecule has 2 N–H and O–H groups in total. The summed E-state index contributed by atoms with van der Waals surface area (Å²) in [5.74, 6) is -0.356.